The molecule has 1 N–H and O–H groups in total. The molecule has 124 valence electrons. The van der Waals surface area contributed by atoms with Crippen molar-refractivity contribution in [3.63, 3.8) is 0 Å². The Morgan fingerprint density at radius 2 is 1.96 bits per heavy atom. The number of ether oxygens (including phenoxy) is 2. The molecule has 2 rings (SSSR count). The summed E-state index contributed by atoms with van der Waals surface area (Å²) in [6, 6.07) is 7.09. The Morgan fingerprint density at radius 1 is 1.26 bits per heavy atom. The van der Waals surface area contributed by atoms with E-state index in [-0.39, 0.29) is 23.7 Å². The van der Waals surface area contributed by atoms with E-state index in [1.807, 2.05) is 19.9 Å². The van der Waals surface area contributed by atoms with Gasteiger partial charge in [0.1, 0.15) is 5.78 Å². The minimum Gasteiger partial charge on any atom is -0.493 e. The van der Waals surface area contributed by atoms with Gasteiger partial charge in [0, 0.05) is 18.6 Å². The summed E-state index contributed by atoms with van der Waals surface area (Å²) in [5.41, 5.74) is 3.05. The maximum Gasteiger partial charge on any atom is 0.277 e. The number of hydrogen-bond donors (Lipinski definition) is 1. The third-order valence-corrected chi connectivity index (χ3v) is 3.53. The molecule has 0 bridgehead atoms. The van der Waals surface area contributed by atoms with E-state index in [0.29, 0.717) is 36.5 Å². The highest BCUT2D eigenvalue weighted by molar-refractivity contribution is 6.05. The number of para-hydroxylation sites is 2. The van der Waals surface area contributed by atoms with Gasteiger partial charge in [0.25, 0.3) is 5.91 Å². The van der Waals surface area contributed by atoms with Crippen LogP contribution in [0.3, 0.4) is 0 Å². The molecular weight excluding hydrogens is 296 g/mol. The second-order valence-electron chi connectivity index (χ2n) is 6.39. The van der Waals surface area contributed by atoms with Crippen molar-refractivity contribution in [1.82, 2.24) is 5.43 Å². The largest absolute Gasteiger partial charge is 0.493 e. The molecule has 6 nitrogen and oxygen atoms in total. The third kappa shape index (κ3) is 5.09. The summed E-state index contributed by atoms with van der Waals surface area (Å²) < 4.78 is 10.6. The van der Waals surface area contributed by atoms with Crippen molar-refractivity contribution in [3.05, 3.63) is 24.3 Å². The minimum absolute atomic E-state index is 0.104. The predicted molar refractivity (Wildman–Crippen MR) is 86.7 cm³/mol. The molecule has 1 aromatic carbocycles. The van der Waals surface area contributed by atoms with Crippen molar-refractivity contribution in [2.75, 3.05) is 13.7 Å². The lowest BCUT2D eigenvalue weighted by molar-refractivity contribution is -0.123. The second kappa shape index (κ2) is 7.26. The Labute approximate surface area is 135 Å². The summed E-state index contributed by atoms with van der Waals surface area (Å²) in [6.45, 7) is 3.87. The Hall–Kier alpha value is -2.37. The highest BCUT2D eigenvalue weighted by Gasteiger charge is 2.30. The van der Waals surface area contributed by atoms with Gasteiger partial charge in [-0.1, -0.05) is 26.0 Å². The van der Waals surface area contributed by atoms with Gasteiger partial charge in [0.15, 0.2) is 18.1 Å². The van der Waals surface area contributed by atoms with E-state index in [2.05, 4.69) is 10.5 Å². The molecule has 6 heteroatoms. The number of amides is 1. The highest BCUT2D eigenvalue weighted by atomic mass is 16.5. The molecule has 1 saturated carbocycles. The van der Waals surface area contributed by atoms with Crippen molar-refractivity contribution >= 4 is 17.4 Å². The van der Waals surface area contributed by atoms with E-state index in [0.717, 1.165) is 0 Å². The number of methoxy groups -OCH3 is 1. The standard InChI is InChI=1S/C17H22N2O4/c1-17(2)9-12(8-13(20)10-17)18-19-16(21)11-23-15-7-5-4-6-14(15)22-3/h4-7H,8-11H2,1-3H3,(H,19,21)/b18-12-. The molecule has 0 aliphatic heterocycles. The lowest BCUT2D eigenvalue weighted by Crippen LogP contribution is -2.32. The molecule has 1 fully saturated rings. The van der Waals surface area contributed by atoms with Crippen LogP contribution in [0.2, 0.25) is 0 Å². The van der Waals surface area contributed by atoms with Crippen LogP contribution in [-0.2, 0) is 9.59 Å². The first kappa shape index (κ1) is 17.0. The van der Waals surface area contributed by atoms with Crippen LogP contribution in [0.15, 0.2) is 29.4 Å². The van der Waals surface area contributed by atoms with Crippen LogP contribution >= 0.6 is 0 Å². The van der Waals surface area contributed by atoms with Gasteiger partial charge in [0.2, 0.25) is 0 Å². The zero-order chi connectivity index (χ0) is 16.9. The van der Waals surface area contributed by atoms with Crippen LogP contribution in [0.4, 0.5) is 0 Å². The topological polar surface area (TPSA) is 77.0 Å². The summed E-state index contributed by atoms with van der Waals surface area (Å²) in [7, 11) is 1.54. The molecule has 0 aromatic heterocycles. The molecule has 0 radical (unpaired) electrons. The lowest BCUT2D eigenvalue weighted by atomic mass is 9.76. The van der Waals surface area contributed by atoms with Gasteiger partial charge in [-0.15, -0.1) is 0 Å². The normalized spacial score (nSPS) is 18.6. The fourth-order valence-corrected chi connectivity index (χ4v) is 2.64. The molecule has 0 atom stereocenters. The SMILES string of the molecule is COc1ccccc1OCC(=O)N/N=C1/CC(=O)CC(C)(C)C1. The maximum atomic E-state index is 11.8. The summed E-state index contributed by atoms with van der Waals surface area (Å²) in [5.74, 6) is 0.830. The van der Waals surface area contributed by atoms with E-state index in [1.165, 1.54) is 7.11 Å². The Balaban J connectivity index is 1.87. The zero-order valence-electron chi connectivity index (χ0n) is 13.7. The van der Waals surface area contributed by atoms with Crippen LogP contribution in [0, 0.1) is 5.41 Å². The molecule has 23 heavy (non-hydrogen) atoms. The van der Waals surface area contributed by atoms with E-state index < -0.39 is 0 Å². The summed E-state index contributed by atoms with van der Waals surface area (Å²) in [6.07, 6.45) is 1.56. The van der Waals surface area contributed by atoms with Crippen LogP contribution < -0.4 is 14.9 Å². The molecule has 0 heterocycles. The first-order chi connectivity index (χ1) is 10.9. The van der Waals surface area contributed by atoms with Crippen LogP contribution in [0.25, 0.3) is 0 Å². The van der Waals surface area contributed by atoms with Gasteiger partial charge in [-0.3, -0.25) is 9.59 Å². The summed E-state index contributed by atoms with van der Waals surface area (Å²) in [5, 5.41) is 4.07. The third-order valence-electron chi connectivity index (χ3n) is 3.53. The number of nitrogens with zero attached hydrogens (tertiary/aromatic N) is 1. The number of Topliss-reactive ketones (excluding diaryl/α,β-unsaturated/α-hetero) is 1. The number of carbonyl (C=O) groups excluding carboxylic acids is 2. The number of hydrogen-bond acceptors (Lipinski definition) is 5. The highest BCUT2D eigenvalue weighted by Crippen LogP contribution is 2.31. The molecule has 0 unspecified atom stereocenters. The molecular formula is C17H22N2O4. The first-order valence-electron chi connectivity index (χ1n) is 7.51. The Bertz CT molecular complexity index is 623. The average molecular weight is 318 g/mol. The number of benzene rings is 1. The molecule has 1 amide bonds. The number of ketones is 1. The number of carbonyl (C=O) groups is 2. The number of rotatable bonds is 5. The first-order valence-corrected chi connectivity index (χ1v) is 7.51. The van der Waals surface area contributed by atoms with Crippen LogP contribution in [0.5, 0.6) is 11.5 Å². The van der Waals surface area contributed by atoms with Crippen LogP contribution in [0.1, 0.15) is 33.1 Å². The Morgan fingerprint density at radius 3 is 2.61 bits per heavy atom. The maximum absolute atomic E-state index is 11.8. The zero-order valence-corrected chi connectivity index (χ0v) is 13.7. The number of nitrogens with one attached hydrogen (secondary N) is 1. The lowest BCUT2D eigenvalue weighted by Gasteiger charge is -2.28. The van der Waals surface area contributed by atoms with Crippen molar-refractivity contribution < 1.29 is 19.1 Å². The minimum atomic E-state index is -0.376. The monoisotopic (exact) mass is 318 g/mol. The van der Waals surface area contributed by atoms with Gasteiger partial charge < -0.3 is 9.47 Å². The van der Waals surface area contributed by atoms with Crippen molar-refractivity contribution in [1.29, 1.82) is 0 Å². The molecule has 0 spiro atoms. The summed E-state index contributed by atoms with van der Waals surface area (Å²) in [4.78, 5) is 23.5. The van der Waals surface area contributed by atoms with Gasteiger partial charge in [-0.25, -0.2) is 5.43 Å². The quantitative estimate of drug-likeness (QED) is 0.845. The van der Waals surface area contributed by atoms with Gasteiger partial charge in [-0.05, 0) is 24.0 Å². The van der Waals surface area contributed by atoms with Crippen molar-refractivity contribution in [2.24, 2.45) is 10.5 Å². The fourth-order valence-electron chi connectivity index (χ4n) is 2.64. The van der Waals surface area contributed by atoms with Crippen LogP contribution in [-0.4, -0.2) is 31.1 Å². The van der Waals surface area contributed by atoms with E-state index >= 15 is 0 Å². The van der Waals surface area contributed by atoms with E-state index in [1.54, 1.807) is 18.2 Å². The van der Waals surface area contributed by atoms with Crippen molar-refractivity contribution in [3.8, 4) is 11.5 Å². The fraction of sp³-hybridized carbons (Fsp3) is 0.471. The molecule has 1 aliphatic carbocycles. The molecule has 0 saturated heterocycles. The summed E-state index contributed by atoms with van der Waals surface area (Å²) >= 11 is 0. The predicted octanol–water partition coefficient (Wildman–Crippen LogP) is 2.33. The van der Waals surface area contributed by atoms with Gasteiger partial charge in [0.05, 0.1) is 7.11 Å². The molecule has 1 aliphatic rings. The average Bonchev–Trinajstić information content (AvgIpc) is 2.49. The van der Waals surface area contributed by atoms with Crippen molar-refractivity contribution in [2.45, 2.75) is 33.1 Å². The van der Waals surface area contributed by atoms with E-state index in [4.69, 9.17) is 9.47 Å². The van der Waals surface area contributed by atoms with Gasteiger partial charge in [-0.2, -0.15) is 5.10 Å². The van der Waals surface area contributed by atoms with Gasteiger partial charge >= 0.3 is 0 Å². The smallest absolute Gasteiger partial charge is 0.277 e. The second-order valence-corrected chi connectivity index (χ2v) is 6.39. The molecule has 1 aromatic rings. The number of hydrazone groups is 1. The Kier molecular flexibility index (Phi) is 5.36. The van der Waals surface area contributed by atoms with E-state index in [9.17, 15) is 9.59 Å².